The van der Waals surface area contributed by atoms with E-state index in [-0.39, 0.29) is 16.4 Å². The Bertz CT molecular complexity index is 1310. The molecule has 1 aromatic heterocycles. The molecule has 0 aliphatic rings. The van der Waals surface area contributed by atoms with Gasteiger partial charge in [0, 0.05) is 11.1 Å². The van der Waals surface area contributed by atoms with Crippen molar-refractivity contribution in [3.63, 3.8) is 0 Å². The second kappa shape index (κ2) is 8.01. The van der Waals surface area contributed by atoms with Crippen molar-refractivity contribution in [3.8, 4) is 10.6 Å². The van der Waals surface area contributed by atoms with Crippen LogP contribution in [0.1, 0.15) is 24.2 Å². The number of fused-ring (bicyclic) bond motifs is 1. The third kappa shape index (κ3) is 3.86. The SMILES string of the molecule is CC(C)S(=O)(=O)c1cccc(C(=O)Nc2ccccc2-c2nc3ccccc3s2)c1. The number of anilines is 1. The Morgan fingerprint density at radius 1 is 0.967 bits per heavy atom. The highest BCUT2D eigenvalue weighted by molar-refractivity contribution is 7.92. The van der Waals surface area contributed by atoms with Crippen molar-refractivity contribution in [1.29, 1.82) is 0 Å². The van der Waals surface area contributed by atoms with E-state index in [0.717, 1.165) is 20.8 Å². The molecule has 0 saturated carbocycles. The van der Waals surface area contributed by atoms with E-state index in [0.29, 0.717) is 5.69 Å². The molecule has 1 amide bonds. The summed E-state index contributed by atoms with van der Waals surface area (Å²) in [4.78, 5) is 17.7. The first-order valence-corrected chi connectivity index (χ1v) is 11.8. The monoisotopic (exact) mass is 436 g/mol. The molecular weight excluding hydrogens is 416 g/mol. The minimum Gasteiger partial charge on any atom is -0.321 e. The summed E-state index contributed by atoms with van der Waals surface area (Å²) < 4.78 is 26.0. The molecule has 0 fully saturated rings. The molecule has 0 aliphatic heterocycles. The largest absolute Gasteiger partial charge is 0.321 e. The fourth-order valence-corrected chi connectivity index (χ4v) is 5.16. The molecule has 4 aromatic rings. The van der Waals surface area contributed by atoms with E-state index >= 15 is 0 Å². The van der Waals surface area contributed by atoms with E-state index in [1.807, 2.05) is 48.5 Å². The quantitative estimate of drug-likeness (QED) is 0.455. The summed E-state index contributed by atoms with van der Waals surface area (Å²) in [6.45, 7) is 3.24. The second-order valence-electron chi connectivity index (χ2n) is 7.11. The average Bonchev–Trinajstić information content (AvgIpc) is 3.18. The second-order valence-corrected chi connectivity index (χ2v) is 10.6. The van der Waals surface area contributed by atoms with Crippen LogP contribution in [0.5, 0.6) is 0 Å². The number of thiazole rings is 1. The van der Waals surface area contributed by atoms with Gasteiger partial charge in [-0.1, -0.05) is 30.3 Å². The van der Waals surface area contributed by atoms with Gasteiger partial charge in [0.05, 0.1) is 26.0 Å². The Morgan fingerprint density at radius 2 is 1.70 bits per heavy atom. The van der Waals surface area contributed by atoms with Gasteiger partial charge in [0.2, 0.25) is 0 Å². The standard InChI is InChI=1S/C23H20N2O3S2/c1-15(2)30(27,28)17-9-7-8-16(14-17)22(26)24-19-11-4-3-10-18(19)23-25-20-12-5-6-13-21(20)29-23/h3-15H,1-2H3,(H,24,26). The van der Waals surface area contributed by atoms with Crippen molar-refractivity contribution in [2.24, 2.45) is 0 Å². The van der Waals surface area contributed by atoms with Crippen LogP contribution >= 0.6 is 11.3 Å². The van der Waals surface area contributed by atoms with E-state index in [2.05, 4.69) is 10.3 Å². The number of carbonyl (C=O) groups excluding carboxylic acids is 1. The number of aromatic nitrogens is 1. The van der Waals surface area contributed by atoms with Crippen molar-refractivity contribution in [3.05, 3.63) is 78.4 Å². The molecule has 5 nitrogen and oxygen atoms in total. The minimum atomic E-state index is -3.46. The summed E-state index contributed by atoms with van der Waals surface area (Å²) in [5, 5.41) is 3.16. The number of amides is 1. The highest BCUT2D eigenvalue weighted by Crippen LogP contribution is 2.34. The molecule has 1 heterocycles. The van der Waals surface area contributed by atoms with E-state index in [1.54, 1.807) is 37.3 Å². The van der Waals surface area contributed by atoms with Gasteiger partial charge in [0.1, 0.15) is 5.01 Å². The molecular formula is C23H20N2O3S2. The van der Waals surface area contributed by atoms with Crippen LogP contribution in [0, 0.1) is 0 Å². The average molecular weight is 437 g/mol. The van der Waals surface area contributed by atoms with Gasteiger partial charge in [-0.3, -0.25) is 4.79 Å². The fourth-order valence-electron chi connectivity index (χ4n) is 3.05. The van der Waals surface area contributed by atoms with Crippen LogP contribution in [-0.2, 0) is 9.84 Å². The van der Waals surface area contributed by atoms with E-state index in [1.165, 1.54) is 12.1 Å². The molecule has 4 rings (SSSR count). The Kier molecular flexibility index (Phi) is 5.40. The number of para-hydroxylation sites is 2. The number of hydrogen-bond donors (Lipinski definition) is 1. The molecule has 0 aliphatic carbocycles. The third-order valence-corrected chi connectivity index (χ3v) is 7.97. The predicted molar refractivity (Wildman–Crippen MR) is 122 cm³/mol. The molecule has 1 N–H and O–H groups in total. The third-order valence-electron chi connectivity index (χ3n) is 4.74. The Morgan fingerprint density at radius 3 is 2.47 bits per heavy atom. The van der Waals surface area contributed by atoms with Gasteiger partial charge < -0.3 is 5.32 Å². The van der Waals surface area contributed by atoms with Gasteiger partial charge in [0.25, 0.3) is 5.91 Å². The number of hydrogen-bond acceptors (Lipinski definition) is 5. The van der Waals surface area contributed by atoms with Gasteiger partial charge in [0.15, 0.2) is 9.84 Å². The maximum Gasteiger partial charge on any atom is 0.255 e. The molecule has 30 heavy (non-hydrogen) atoms. The maximum absolute atomic E-state index is 12.9. The number of carbonyl (C=O) groups is 1. The molecule has 0 radical (unpaired) electrons. The number of rotatable bonds is 5. The van der Waals surface area contributed by atoms with Gasteiger partial charge in [-0.05, 0) is 56.3 Å². The molecule has 0 spiro atoms. The molecule has 0 atom stereocenters. The van der Waals surface area contributed by atoms with Crippen LogP contribution in [0.15, 0.2) is 77.7 Å². The highest BCUT2D eigenvalue weighted by Gasteiger charge is 2.21. The lowest BCUT2D eigenvalue weighted by atomic mass is 10.1. The maximum atomic E-state index is 12.9. The van der Waals surface area contributed by atoms with E-state index in [4.69, 9.17) is 0 Å². The first-order chi connectivity index (χ1) is 14.4. The van der Waals surface area contributed by atoms with Gasteiger partial charge in [-0.2, -0.15) is 0 Å². The lowest BCUT2D eigenvalue weighted by molar-refractivity contribution is 0.102. The topological polar surface area (TPSA) is 76.1 Å². The van der Waals surface area contributed by atoms with Crippen molar-refractivity contribution < 1.29 is 13.2 Å². The lowest BCUT2D eigenvalue weighted by Crippen LogP contribution is -2.16. The first-order valence-electron chi connectivity index (χ1n) is 9.46. The number of sulfone groups is 1. The van der Waals surface area contributed by atoms with Crippen molar-refractivity contribution in [2.75, 3.05) is 5.32 Å². The summed E-state index contributed by atoms with van der Waals surface area (Å²) in [5.74, 6) is -0.371. The number of nitrogens with zero attached hydrogens (tertiary/aromatic N) is 1. The van der Waals surface area contributed by atoms with Gasteiger partial charge in [-0.25, -0.2) is 13.4 Å². The summed E-state index contributed by atoms with van der Waals surface area (Å²) in [5.41, 5.74) is 2.64. The zero-order valence-electron chi connectivity index (χ0n) is 16.5. The first kappa shape index (κ1) is 20.3. The van der Waals surface area contributed by atoms with Crippen LogP contribution in [-0.4, -0.2) is 24.6 Å². The summed E-state index contributed by atoms with van der Waals surface area (Å²) >= 11 is 1.55. The number of benzene rings is 3. The Labute approximate surface area is 179 Å². The Hall–Kier alpha value is -3.03. The number of nitrogens with one attached hydrogen (secondary N) is 1. The van der Waals surface area contributed by atoms with Crippen molar-refractivity contribution in [1.82, 2.24) is 4.98 Å². The highest BCUT2D eigenvalue weighted by atomic mass is 32.2. The summed E-state index contributed by atoms with van der Waals surface area (Å²) in [6, 6.07) is 21.5. The molecule has 3 aromatic carbocycles. The Balaban J connectivity index is 1.67. The zero-order chi connectivity index (χ0) is 21.3. The zero-order valence-corrected chi connectivity index (χ0v) is 18.1. The van der Waals surface area contributed by atoms with Crippen LogP contribution in [0.2, 0.25) is 0 Å². The fraction of sp³-hybridized carbons (Fsp3) is 0.130. The minimum absolute atomic E-state index is 0.143. The van der Waals surface area contributed by atoms with Crippen molar-refractivity contribution in [2.45, 2.75) is 24.0 Å². The summed E-state index contributed by atoms with van der Waals surface area (Å²) in [6.07, 6.45) is 0. The van der Waals surface area contributed by atoms with Crippen LogP contribution < -0.4 is 5.32 Å². The smallest absolute Gasteiger partial charge is 0.255 e. The van der Waals surface area contributed by atoms with Gasteiger partial charge >= 0.3 is 0 Å². The molecule has 7 heteroatoms. The predicted octanol–water partition coefficient (Wildman–Crippen LogP) is 5.40. The lowest BCUT2D eigenvalue weighted by Gasteiger charge is -2.11. The normalized spacial score (nSPS) is 11.7. The van der Waals surface area contributed by atoms with Crippen molar-refractivity contribution >= 4 is 43.0 Å². The summed E-state index contributed by atoms with van der Waals surface area (Å²) in [7, 11) is -3.46. The van der Waals surface area contributed by atoms with E-state index < -0.39 is 15.1 Å². The van der Waals surface area contributed by atoms with Gasteiger partial charge in [-0.15, -0.1) is 11.3 Å². The molecule has 0 saturated heterocycles. The van der Waals surface area contributed by atoms with Crippen LogP contribution in [0.25, 0.3) is 20.8 Å². The molecule has 152 valence electrons. The molecule has 0 bridgehead atoms. The van der Waals surface area contributed by atoms with Crippen LogP contribution in [0.4, 0.5) is 5.69 Å². The molecule has 0 unspecified atom stereocenters. The van der Waals surface area contributed by atoms with E-state index in [9.17, 15) is 13.2 Å². The van der Waals surface area contributed by atoms with Crippen LogP contribution in [0.3, 0.4) is 0 Å².